The molecular weight excluding hydrogens is 300 g/mol. The lowest BCUT2D eigenvalue weighted by Crippen LogP contribution is -2.45. The van der Waals surface area contributed by atoms with E-state index >= 15 is 0 Å². The van der Waals surface area contributed by atoms with Gasteiger partial charge < -0.3 is 10.6 Å². The van der Waals surface area contributed by atoms with E-state index in [9.17, 15) is 17.2 Å². The number of benzene rings is 1. The predicted molar refractivity (Wildman–Crippen MR) is 78.3 cm³/mol. The Labute approximate surface area is 124 Å². The molecule has 0 amide bonds. The molecule has 3 N–H and O–H groups in total. The zero-order valence-corrected chi connectivity index (χ0v) is 13.3. The molecule has 1 aromatic carbocycles. The van der Waals surface area contributed by atoms with Gasteiger partial charge in [-0.15, -0.1) is 0 Å². The number of rotatable bonds is 6. The maximum atomic E-state index is 13.7. The van der Waals surface area contributed by atoms with E-state index in [1.807, 2.05) is 18.7 Å². The fourth-order valence-electron chi connectivity index (χ4n) is 1.82. The van der Waals surface area contributed by atoms with Crippen LogP contribution in [-0.2, 0) is 10.0 Å². The molecule has 0 fully saturated rings. The number of nitrogens with two attached hydrogens (primary N) is 1. The summed E-state index contributed by atoms with van der Waals surface area (Å²) in [5.74, 6) is -2.73. The van der Waals surface area contributed by atoms with Gasteiger partial charge in [-0.3, -0.25) is 0 Å². The zero-order chi connectivity index (χ0) is 16.4. The standard InChI is InChI=1S/C13H21F2N3O2S/c1-8(2)11(7-18(3)4)17-21(19,20)12-6-9(16)5-10(14)13(12)15/h5-6,8,11,17H,7,16H2,1-4H3. The molecule has 0 spiro atoms. The van der Waals surface area contributed by atoms with Gasteiger partial charge in [0.2, 0.25) is 10.0 Å². The molecule has 5 nitrogen and oxygen atoms in total. The summed E-state index contributed by atoms with van der Waals surface area (Å²) in [7, 11) is -0.605. The average molecular weight is 321 g/mol. The van der Waals surface area contributed by atoms with E-state index in [2.05, 4.69) is 4.72 Å². The third kappa shape index (κ3) is 4.62. The van der Waals surface area contributed by atoms with E-state index in [0.717, 1.165) is 12.1 Å². The van der Waals surface area contributed by atoms with Crippen molar-refractivity contribution < 1.29 is 17.2 Å². The van der Waals surface area contributed by atoms with Gasteiger partial charge in [0.1, 0.15) is 4.90 Å². The third-order valence-electron chi connectivity index (χ3n) is 2.98. The predicted octanol–water partition coefficient (Wildman–Crippen LogP) is 1.41. The number of nitrogen functional groups attached to an aromatic ring is 1. The maximum Gasteiger partial charge on any atom is 0.243 e. The van der Waals surface area contributed by atoms with Crippen LogP contribution < -0.4 is 10.5 Å². The van der Waals surface area contributed by atoms with Gasteiger partial charge in [0, 0.05) is 18.3 Å². The number of nitrogens with one attached hydrogen (secondary N) is 1. The minimum Gasteiger partial charge on any atom is -0.399 e. The highest BCUT2D eigenvalue weighted by Gasteiger charge is 2.27. The van der Waals surface area contributed by atoms with E-state index in [0.29, 0.717) is 6.54 Å². The van der Waals surface area contributed by atoms with E-state index in [1.165, 1.54) is 0 Å². The molecule has 0 aliphatic heterocycles. The Kier molecular flexibility index (Phi) is 5.66. The summed E-state index contributed by atoms with van der Waals surface area (Å²) in [6, 6.07) is 1.22. The van der Waals surface area contributed by atoms with Gasteiger partial charge in [-0.1, -0.05) is 13.8 Å². The molecular formula is C13H21F2N3O2S. The Balaban J connectivity index is 3.16. The Morgan fingerprint density at radius 2 is 1.86 bits per heavy atom. The summed E-state index contributed by atoms with van der Waals surface area (Å²) in [4.78, 5) is 1.04. The van der Waals surface area contributed by atoms with E-state index < -0.39 is 32.6 Å². The lowest BCUT2D eigenvalue weighted by atomic mass is 10.1. The highest BCUT2D eigenvalue weighted by Crippen LogP contribution is 2.22. The van der Waals surface area contributed by atoms with Gasteiger partial charge in [0.05, 0.1) is 0 Å². The summed E-state index contributed by atoms with van der Waals surface area (Å²) in [5, 5.41) is 0. The molecule has 1 atom stereocenters. The van der Waals surface area contributed by atoms with Gasteiger partial charge >= 0.3 is 0 Å². The van der Waals surface area contributed by atoms with Crippen molar-refractivity contribution in [2.75, 3.05) is 26.4 Å². The van der Waals surface area contributed by atoms with Gasteiger partial charge in [-0.2, -0.15) is 0 Å². The highest BCUT2D eigenvalue weighted by atomic mass is 32.2. The maximum absolute atomic E-state index is 13.7. The van der Waals surface area contributed by atoms with Crippen LogP contribution in [0.1, 0.15) is 13.8 Å². The molecule has 120 valence electrons. The van der Waals surface area contributed by atoms with Crippen LogP contribution in [0.3, 0.4) is 0 Å². The van der Waals surface area contributed by atoms with Crippen molar-refractivity contribution in [1.29, 1.82) is 0 Å². The first kappa shape index (κ1) is 17.8. The Hall–Kier alpha value is -1.25. The summed E-state index contributed by atoms with van der Waals surface area (Å²) < 4.78 is 54.0. The normalized spacial score (nSPS) is 13.9. The van der Waals surface area contributed by atoms with E-state index in [-0.39, 0.29) is 11.6 Å². The summed E-state index contributed by atoms with van der Waals surface area (Å²) in [5.41, 5.74) is 5.24. The number of halogens is 2. The molecule has 0 saturated carbocycles. The quantitative estimate of drug-likeness (QED) is 0.777. The number of nitrogens with zero attached hydrogens (tertiary/aromatic N) is 1. The lowest BCUT2D eigenvalue weighted by molar-refractivity contribution is 0.314. The lowest BCUT2D eigenvalue weighted by Gasteiger charge is -2.25. The second-order valence-electron chi connectivity index (χ2n) is 5.55. The second-order valence-corrected chi connectivity index (χ2v) is 7.23. The molecule has 1 unspecified atom stereocenters. The van der Waals surface area contributed by atoms with Crippen LogP contribution in [0.4, 0.5) is 14.5 Å². The second kappa shape index (κ2) is 6.67. The molecule has 1 aromatic rings. The first-order valence-electron chi connectivity index (χ1n) is 6.46. The van der Waals surface area contributed by atoms with E-state index in [1.54, 1.807) is 14.1 Å². The van der Waals surface area contributed by atoms with Gasteiger partial charge in [0.15, 0.2) is 11.6 Å². The molecule has 0 saturated heterocycles. The Bertz CT molecular complexity index is 604. The number of likely N-dealkylation sites (N-methyl/N-ethyl adjacent to an activating group) is 1. The molecule has 0 aromatic heterocycles. The van der Waals surface area contributed by atoms with Gasteiger partial charge in [-0.05, 0) is 32.1 Å². The van der Waals surface area contributed by atoms with Crippen LogP contribution in [0.2, 0.25) is 0 Å². The monoisotopic (exact) mass is 321 g/mol. The van der Waals surface area contributed by atoms with Crippen LogP contribution in [0, 0.1) is 17.6 Å². The first-order chi connectivity index (χ1) is 9.54. The minimum absolute atomic E-state index is 0.0175. The van der Waals surface area contributed by atoms with Crippen molar-refractivity contribution in [3.05, 3.63) is 23.8 Å². The summed E-state index contributed by atoms with van der Waals surface area (Å²) in [6.45, 7) is 4.11. The smallest absolute Gasteiger partial charge is 0.243 e. The summed E-state index contributed by atoms with van der Waals surface area (Å²) >= 11 is 0. The van der Waals surface area contributed by atoms with Crippen LogP contribution in [0.15, 0.2) is 17.0 Å². The number of hydrogen-bond acceptors (Lipinski definition) is 4. The van der Waals surface area contributed by atoms with Crippen molar-refractivity contribution in [1.82, 2.24) is 9.62 Å². The number of anilines is 1. The fourth-order valence-corrected chi connectivity index (χ4v) is 3.32. The number of hydrogen-bond donors (Lipinski definition) is 2. The molecule has 0 bridgehead atoms. The van der Waals surface area contributed by atoms with Crippen LogP contribution >= 0.6 is 0 Å². The molecule has 21 heavy (non-hydrogen) atoms. The number of sulfonamides is 1. The Morgan fingerprint density at radius 1 is 1.29 bits per heavy atom. The molecule has 0 radical (unpaired) electrons. The van der Waals surface area contributed by atoms with Crippen molar-refractivity contribution >= 4 is 15.7 Å². The zero-order valence-electron chi connectivity index (χ0n) is 12.5. The average Bonchev–Trinajstić information content (AvgIpc) is 2.31. The highest BCUT2D eigenvalue weighted by molar-refractivity contribution is 7.89. The van der Waals surface area contributed by atoms with Gasteiger partial charge in [-0.25, -0.2) is 21.9 Å². The molecule has 0 heterocycles. The Morgan fingerprint density at radius 3 is 2.33 bits per heavy atom. The van der Waals surface area contributed by atoms with Gasteiger partial charge in [0.25, 0.3) is 0 Å². The van der Waals surface area contributed by atoms with Crippen LogP contribution in [-0.4, -0.2) is 40.0 Å². The van der Waals surface area contributed by atoms with Crippen molar-refractivity contribution in [3.8, 4) is 0 Å². The largest absolute Gasteiger partial charge is 0.399 e. The van der Waals surface area contributed by atoms with E-state index in [4.69, 9.17) is 5.73 Å². The van der Waals surface area contributed by atoms with Crippen LogP contribution in [0.25, 0.3) is 0 Å². The van der Waals surface area contributed by atoms with Crippen molar-refractivity contribution in [2.45, 2.75) is 24.8 Å². The van der Waals surface area contributed by atoms with Crippen LogP contribution in [0.5, 0.6) is 0 Å². The third-order valence-corrected chi connectivity index (χ3v) is 4.47. The van der Waals surface area contributed by atoms with Crippen molar-refractivity contribution in [2.24, 2.45) is 5.92 Å². The molecule has 8 heteroatoms. The molecule has 1 rings (SSSR count). The molecule has 0 aliphatic carbocycles. The fraction of sp³-hybridized carbons (Fsp3) is 0.538. The molecule has 0 aliphatic rings. The van der Waals surface area contributed by atoms with Crippen molar-refractivity contribution in [3.63, 3.8) is 0 Å². The summed E-state index contributed by atoms with van der Waals surface area (Å²) in [6.07, 6.45) is 0. The first-order valence-corrected chi connectivity index (χ1v) is 7.94. The SMILES string of the molecule is CC(C)C(CN(C)C)NS(=O)(=O)c1cc(N)cc(F)c1F. The minimum atomic E-state index is -4.20. The topological polar surface area (TPSA) is 75.4 Å².